The Kier molecular flexibility index (Phi) is 4.60. The molecule has 0 saturated heterocycles. The maximum absolute atomic E-state index is 10.7. The van der Waals surface area contributed by atoms with Crippen molar-refractivity contribution in [2.45, 2.75) is 60.0 Å². The summed E-state index contributed by atoms with van der Waals surface area (Å²) in [5.74, 6) is -0.874. The minimum Gasteiger partial charge on any atom is -0.478 e. The molecular weight excluding hydrogens is 228 g/mol. The zero-order valence-electron chi connectivity index (χ0n) is 12.2. The van der Waals surface area contributed by atoms with Gasteiger partial charge in [0.05, 0.1) is 12.7 Å². The van der Waals surface area contributed by atoms with Gasteiger partial charge >= 0.3 is 5.97 Å². The molecule has 3 nitrogen and oxygen atoms in total. The highest BCUT2D eigenvalue weighted by Crippen LogP contribution is 2.47. The molecule has 0 aromatic rings. The van der Waals surface area contributed by atoms with Gasteiger partial charge in [0.1, 0.15) is 0 Å². The van der Waals surface area contributed by atoms with E-state index in [1.807, 2.05) is 0 Å². The van der Waals surface area contributed by atoms with Crippen molar-refractivity contribution in [3.05, 3.63) is 11.6 Å². The molecule has 18 heavy (non-hydrogen) atoms. The highest BCUT2D eigenvalue weighted by atomic mass is 16.5. The Morgan fingerprint density at radius 2 is 1.78 bits per heavy atom. The summed E-state index contributed by atoms with van der Waals surface area (Å²) in [6.07, 6.45) is 5.41. The molecule has 0 spiro atoms. The van der Waals surface area contributed by atoms with Gasteiger partial charge in [0.2, 0.25) is 0 Å². The van der Waals surface area contributed by atoms with Gasteiger partial charge in [0, 0.05) is 5.57 Å². The lowest BCUT2D eigenvalue weighted by Gasteiger charge is -2.48. The van der Waals surface area contributed by atoms with Crippen LogP contribution in [0.5, 0.6) is 0 Å². The van der Waals surface area contributed by atoms with E-state index in [1.54, 1.807) is 13.0 Å². The second-order valence-corrected chi connectivity index (χ2v) is 6.74. The van der Waals surface area contributed by atoms with E-state index in [0.717, 1.165) is 0 Å². The zero-order chi connectivity index (χ0) is 14.0. The number of carbonyl (C=O) groups is 1. The molecule has 0 aliphatic heterocycles. The first kappa shape index (κ1) is 15.2. The molecule has 104 valence electrons. The smallest absolute Gasteiger partial charge is 0.331 e. The van der Waals surface area contributed by atoms with E-state index in [1.165, 1.54) is 19.3 Å². The van der Waals surface area contributed by atoms with Gasteiger partial charge in [-0.25, -0.2) is 4.79 Å². The lowest BCUT2D eigenvalue weighted by molar-refractivity contribution is -0.132. The topological polar surface area (TPSA) is 46.5 Å². The van der Waals surface area contributed by atoms with Crippen molar-refractivity contribution in [2.75, 3.05) is 6.61 Å². The quantitative estimate of drug-likeness (QED) is 0.779. The normalized spacial score (nSPS) is 23.9. The van der Waals surface area contributed by atoms with Crippen molar-refractivity contribution in [3.8, 4) is 0 Å². The Hall–Kier alpha value is -0.830. The molecule has 1 rings (SSSR count). The van der Waals surface area contributed by atoms with Gasteiger partial charge in [-0.1, -0.05) is 34.1 Å². The molecule has 1 aliphatic carbocycles. The molecule has 0 radical (unpaired) electrons. The van der Waals surface area contributed by atoms with E-state index in [0.29, 0.717) is 12.2 Å². The standard InChI is InChI=1S/C15H26O3/c1-11(12(16)17)7-10-18-13-14(2,3)8-6-9-15(13,4)5/h7,13H,6,8-10H2,1-5H3,(H,16,17)/b11-7+. The van der Waals surface area contributed by atoms with Gasteiger partial charge in [-0.05, 0) is 36.7 Å². The average Bonchev–Trinajstić information content (AvgIpc) is 2.20. The third-order valence-corrected chi connectivity index (χ3v) is 4.05. The second kappa shape index (κ2) is 5.43. The van der Waals surface area contributed by atoms with Crippen LogP contribution in [-0.2, 0) is 9.53 Å². The lowest BCUT2D eigenvalue weighted by atomic mass is 9.63. The van der Waals surface area contributed by atoms with Crippen molar-refractivity contribution < 1.29 is 14.6 Å². The average molecular weight is 254 g/mol. The molecule has 1 fully saturated rings. The Morgan fingerprint density at radius 1 is 1.28 bits per heavy atom. The van der Waals surface area contributed by atoms with E-state index in [9.17, 15) is 4.79 Å². The van der Waals surface area contributed by atoms with Crippen molar-refractivity contribution in [1.29, 1.82) is 0 Å². The summed E-state index contributed by atoms with van der Waals surface area (Å²) in [6.45, 7) is 11.0. The van der Waals surface area contributed by atoms with Crippen LogP contribution in [0.2, 0.25) is 0 Å². The third kappa shape index (κ3) is 3.58. The molecule has 3 heteroatoms. The van der Waals surface area contributed by atoms with Crippen LogP contribution in [0, 0.1) is 10.8 Å². The van der Waals surface area contributed by atoms with E-state index in [4.69, 9.17) is 9.84 Å². The number of ether oxygens (including phenoxy) is 1. The number of hydrogen-bond donors (Lipinski definition) is 1. The first-order valence-corrected chi connectivity index (χ1v) is 6.68. The van der Waals surface area contributed by atoms with Crippen LogP contribution < -0.4 is 0 Å². The fourth-order valence-corrected chi connectivity index (χ4v) is 3.13. The van der Waals surface area contributed by atoms with E-state index < -0.39 is 5.97 Å². The monoisotopic (exact) mass is 254 g/mol. The molecule has 0 atom stereocenters. The summed E-state index contributed by atoms with van der Waals surface area (Å²) in [4.78, 5) is 10.7. The van der Waals surface area contributed by atoms with Crippen LogP contribution in [-0.4, -0.2) is 23.8 Å². The first-order valence-electron chi connectivity index (χ1n) is 6.68. The molecule has 1 saturated carbocycles. The van der Waals surface area contributed by atoms with Crippen LogP contribution in [0.1, 0.15) is 53.9 Å². The van der Waals surface area contributed by atoms with Gasteiger partial charge in [0.15, 0.2) is 0 Å². The molecule has 0 unspecified atom stereocenters. The maximum atomic E-state index is 10.7. The molecule has 0 aromatic heterocycles. The number of hydrogen-bond acceptors (Lipinski definition) is 2. The molecule has 1 aliphatic rings. The van der Waals surface area contributed by atoms with Crippen molar-refractivity contribution in [3.63, 3.8) is 0 Å². The summed E-state index contributed by atoms with van der Waals surface area (Å²) in [5.41, 5.74) is 0.667. The summed E-state index contributed by atoms with van der Waals surface area (Å²) in [5, 5.41) is 8.80. The van der Waals surface area contributed by atoms with Gasteiger partial charge in [-0.2, -0.15) is 0 Å². The molecule has 0 bridgehead atoms. The van der Waals surface area contributed by atoms with Crippen molar-refractivity contribution >= 4 is 5.97 Å². The fraction of sp³-hybridized carbons (Fsp3) is 0.800. The molecule has 1 N–H and O–H groups in total. The SMILES string of the molecule is C/C(=C\COC1C(C)(C)CCCC1(C)C)C(=O)O. The minimum atomic E-state index is -0.874. The Balaban J connectivity index is 2.68. The van der Waals surface area contributed by atoms with Crippen LogP contribution >= 0.6 is 0 Å². The lowest BCUT2D eigenvalue weighted by Crippen LogP contribution is -2.47. The number of carboxylic acids is 1. The molecule has 0 aromatic carbocycles. The van der Waals surface area contributed by atoms with Gasteiger partial charge in [0.25, 0.3) is 0 Å². The summed E-state index contributed by atoms with van der Waals surface area (Å²) < 4.78 is 5.99. The Bertz CT molecular complexity index is 324. The third-order valence-electron chi connectivity index (χ3n) is 4.05. The Morgan fingerprint density at radius 3 is 2.22 bits per heavy atom. The van der Waals surface area contributed by atoms with Gasteiger partial charge in [-0.3, -0.25) is 0 Å². The Labute approximate surface area is 110 Å². The summed E-state index contributed by atoms with van der Waals surface area (Å²) >= 11 is 0. The number of rotatable bonds is 4. The zero-order valence-corrected chi connectivity index (χ0v) is 12.2. The molecule has 0 heterocycles. The highest BCUT2D eigenvalue weighted by molar-refractivity contribution is 5.85. The largest absolute Gasteiger partial charge is 0.478 e. The van der Waals surface area contributed by atoms with Crippen LogP contribution in [0.25, 0.3) is 0 Å². The van der Waals surface area contributed by atoms with Crippen LogP contribution in [0.15, 0.2) is 11.6 Å². The molecular formula is C15H26O3. The van der Waals surface area contributed by atoms with Crippen molar-refractivity contribution in [1.82, 2.24) is 0 Å². The predicted octanol–water partition coefficient (Wildman–Crippen LogP) is 3.64. The number of carboxylic acid groups (broad SMARTS) is 1. The van der Waals surface area contributed by atoms with E-state index in [-0.39, 0.29) is 16.9 Å². The summed E-state index contributed by atoms with van der Waals surface area (Å²) in [6, 6.07) is 0. The highest BCUT2D eigenvalue weighted by Gasteiger charge is 2.44. The van der Waals surface area contributed by atoms with E-state index in [2.05, 4.69) is 27.7 Å². The first-order chi connectivity index (χ1) is 8.17. The van der Waals surface area contributed by atoms with Crippen LogP contribution in [0.3, 0.4) is 0 Å². The van der Waals surface area contributed by atoms with Crippen molar-refractivity contribution in [2.24, 2.45) is 10.8 Å². The van der Waals surface area contributed by atoms with E-state index >= 15 is 0 Å². The molecule has 0 amide bonds. The summed E-state index contributed by atoms with van der Waals surface area (Å²) in [7, 11) is 0. The second-order valence-electron chi connectivity index (χ2n) is 6.74. The fourth-order valence-electron chi connectivity index (χ4n) is 3.13. The van der Waals surface area contributed by atoms with Gasteiger partial charge < -0.3 is 9.84 Å². The minimum absolute atomic E-state index is 0.159. The van der Waals surface area contributed by atoms with Gasteiger partial charge in [-0.15, -0.1) is 0 Å². The predicted molar refractivity (Wildman–Crippen MR) is 72.5 cm³/mol. The number of aliphatic carboxylic acids is 1. The van der Waals surface area contributed by atoms with Crippen LogP contribution in [0.4, 0.5) is 0 Å². The maximum Gasteiger partial charge on any atom is 0.331 e.